The molecule has 0 aliphatic carbocycles. The lowest BCUT2D eigenvalue weighted by atomic mass is 10.0. The van der Waals surface area contributed by atoms with E-state index in [1.165, 1.54) is 25.0 Å². The topological polar surface area (TPSA) is 40.2 Å². The molecule has 0 amide bonds. The first-order valence-corrected chi connectivity index (χ1v) is 7.74. The van der Waals surface area contributed by atoms with Gasteiger partial charge in [-0.3, -0.25) is 4.90 Å². The zero-order chi connectivity index (χ0) is 15.4. The van der Waals surface area contributed by atoms with E-state index in [1.54, 1.807) is 12.3 Å². The lowest BCUT2D eigenvalue weighted by Crippen LogP contribution is -2.28. The fraction of sp³-hybridized carbons (Fsp3) is 0.389. The van der Waals surface area contributed by atoms with E-state index in [0.717, 1.165) is 30.7 Å². The molecule has 2 heterocycles. The van der Waals surface area contributed by atoms with E-state index in [-0.39, 0.29) is 11.9 Å². The van der Waals surface area contributed by atoms with Gasteiger partial charge in [-0.15, -0.1) is 0 Å². The Labute approximate surface area is 130 Å². The second kappa shape index (κ2) is 6.76. The smallest absolute Gasteiger partial charge is 0.124 e. The average molecular weight is 298 g/mol. The number of hydrogen-bond donors (Lipinski definition) is 0. The predicted molar refractivity (Wildman–Crippen MR) is 81.4 cm³/mol. The minimum Gasteiger partial charge on any atom is -0.468 e. The zero-order valence-corrected chi connectivity index (χ0v) is 12.5. The summed E-state index contributed by atoms with van der Waals surface area (Å²) in [5.74, 6) is 0.612. The molecule has 3 nitrogen and oxygen atoms in total. The van der Waals surface area contributed by atoms with Crippen molar-refractivity contribution in [2.24, 2.45) is 0 Å². The summed E-state index contributed by atoms with van der Waals surface area (Å²) in [5.41, 5.74) is 1.30. The van der Waals surface area contributed by atoms with Crippen LogP contribution in [0.15, 0.2) is 41.0 Å². The summed E-state index contributed by atoms with van der Waals surface area (Å²) >= 11 is 0. The number of benzene rings is 1. The Morgan fingerprint density at radius 1 is 1.27 bits per heavy atom. The molecular weight excluding hydrogens is 279 g/mol. The maximum absolute atomic E-state index is 13.3. The van der Waals surface area contributed by atoms with Crippen LogP contribution in [0.4, 0.5) is 4.39 Å². The minimum atomic E-state index is -0.362. The first-order chi connectivity index (χ1) is 10.8. The number of rotatable bonds is 3. The highest BCUT2D eigenvalue weighted by Crippen LogP contribution is 2.32. The van der Waals surface area contributed by atoms with Gasteiger partial charge in [-0.1, -0.05) is 18.9 Å². The quantitative estimate of drug-likeness (QED) is 0.842. The summed E-state index contributed by atoms with van der Waals surface area (Å²) in [7, 11) is 0. The van der Waals surface area contributed by atoms with Crippen LogP contribution in [0, 0.1) is 17.1 Å². The summed E-state index contributed by atoms with van der Waals surface area (Å²) in [6, 6.07) is 10.7. The van der Waals surface area contributed by atoms with Crippen molar-refractivity contribution in [2.45, 2.75) is 38.3 Å². The van der Waals surface area contributed by atoms with Gasteiger partial charge in [-0.05, 0) is 49.2 Å². The molecule has 4 heteroatoms. The van der Waals surface area contributed by atoms with Gasteiger partial charge < -0.3 is 4.42 Å². The molecule has 0 bridgehead atoms. The highest BCUT2D eigenvalue weighted by atomic mass is 19.1. The molecule has 1 fully saturated rings. The van der Waals surface area contributed by atoms with Crippen molar-refractivity contribution in [3.05, 3.63) is 59.3 Å². The molecule has 1 unspecified atom stereocenters. The minimum absolute atomic E-state index is 0.231. The van der Waals surface area contributed by atoms with Crippen molar-refractivity contribution in [3.8, 4) is 6.07 Å². The van der Waals surface area contributed by atoms with E-state index in [4.69, 9.17) is 4.42 Å². The largest absolute Gasteiger partial charge is 0.468 e. The van der Waals surface area contributed by atoms with Crippen molar-refractivity contribution in [1.29, 1.82) is 5.26 Å². The number of furan rings is 1. The van der Waals surface area contributed by atoms with E-state index in [0.29, 0.717) is 12.1 Å². The molecule has 1 aromatic carbocycles. The van der Waals surface area contributed by atoms with E-state index in [2.05, 4.69) is 11.0 Å². The fourth-order valence-electron chi connectivity index (χ4n) is 3.17. The van der Waals surface area contributed by atoms with Gasteiger partial charge >= 0.3 is 0 Å². The Kier molecular flexibility index (Phi) is 4.55. The second-order valence-electron chi connectivity index (χ2n) is 5.76. The first-order valence-electron chi connectivity index (χ1n) is 7.74. The van der Waals surface area contributed by atoms with Crippen LogP contribution in [-0.2, 0) is 6.54 Å². The van der Waals surface area contributed by atoms with Gasteiger partial charge in [0.25, 0.3) is 0 Å². The summed E-state index contributed by atoms with van der Waals surface area (Å²) < 4.78 is 18.9. The third kappa shape index (κ3) is 3.20. The number of nitrogens with zero attached hydrogens (tertiary/aromatic N) is 2. The average Bonchev–Trinajstić information content (AvgIpc) is 2.96. The van der Waals surface area contributed by atoms with Gasteiger partial charge in [0.15, 0.2) is 0 Å². The standard InChI is InChI=1S/C18H19FN2O/c19-16-8-7-14(15(11-16)12-20)13-21-9-3-1-2-5-17(21)18-6-4-10-22-18/h4,6-8,10-11,17H,1-3,5,9,13H2. The normalized spacial score (nSPS) is 19.5. The van der Waals surface area contributed by atoms with Crippen molar-refractivity contribution in [2.75, 3.05) is 6.54 Å². The third-order valence-electron chi connectivity index (χ3n) is 4.30. The molecule has 0 N–H and O–H groups in total. The molecule has 114 valence electrons. The molecule has 0 spiro atoms. The Hall–Kier alpha value is -2.12. The molecule has 1 atom stereocenters. The molecule has 1 aliphatic rings. The van der Waals surface area contributed by atoms with Gasteiger partial charge in [0.05, 0.1) is 23.9 Å². The van der Waals surface area contributed by atoms with Crippen LogP contribution in [0.25, 0.3) is 0 Å². The van der Waals surface area contributed by atoms with Gasteiger partial charge in [0, 0.05) is 6.54 Å². The lowest BCUT2D eigenvalue weighted by Gasteiger charge is -2.28. The van der Waals surface area contributed by atoms with Crippen LogP contribution in [0.3, 0.4) is 0 Å². The number of halogens is 1. The highest BCUT2D eigenvalue weighted by molar-refractivity contribution is 5.38. The molecule has 1 aromatic heterocycles. The predicted octanol–water partition coefficient (Wildman–Crippen LogP) is 4.41. The first kappa shape index (κ1) is 14.8. The van der Waals surface area contributed by atoms with Crippen LogP contribution < -0.4 is 0 Å². The highest BCUT2D eigenvalue weighted by Gasteiger charge is 2.25. The third-order valence-corrected chi connectivity index (χ3v) is 4.30. The number of hydrogen-bond acceptors (Lipinski definition) is 3. The monoisotopic (exact) mass is 298 g/mol. The van der Waals surface area contributed by atoms with E-state index in [9.17, 15) is 9.65 Å². The molecule has 2 aromatic rings. The summed E-state index contributed by atoms with van der Waals surface area (Å²) in [5, 5.41) is 9.22. The summed E-state index contributed by atoms with van der Waals surface area (Å²) in [6.45, 7) is 1.61. The number of likely N-dealkylation sites (tertiary alicyclic amines) is 1. The van der Waals surface area contributed by atoms with Crippen molar-refractivity contribution >= 4 is 0 Å². The second-order valence-corrected chi connectivity index (χ2v) is 5.76. The Morgan fingerprint density at radius 2 is 2.18 bits per heavy atom. The molecule has 22 heavy (non-hydrogen) atoms. The van der Waals surface area contributed by atoms with E-state index >= 15 is 0 Å². The maximum atomic E-state index is 13.3. The van der Waals surface area contributed by atoms with E-state index in [1.807, 2.05) is 12.1 Å². The van der Waals surface area contributed by atoms with Crippen LogP contribution in [0.5, 0.6) is 0 Å². The van der Waals surface area contributed by atoms with Gasteiger partial charge in [-0.2, -0.15) is 5.26 Å². The summed E-state index contributed by atoms with van der Waals surface area (Å²) in [4.78, 5) is 2.35. The van der Waals surface area contributed by atoms with Crippen LogP contribution in [0.2, 0.25) is 0 Å². The zero-order valence-electron chi connectivity index (χ0n) is 12.5. The van der Waals surface area contributed by atoms with Gasteiger partial charge in [0.2, 0.25) is 0 Å². The molecule has 1 aliphatic heterocycles. The fourth-order valence-corrected chi connectivity index (χ4v) is 3.17. The van der Waals surface area contributed by atoms with Crippen molar-refractivity contribution < 1.29 is 8.81 Å². The Balaban J connectivity index is 1.86. The van der Waals surface area contributed by atoms with E-state index < -0.39 is 0 Å². The van der Waals surface area contributed by atoms with Crippen molar-refractivity contribution in [3.63, 3.8) is 0 Å². The van der Waals surface area contributed by atoms with Gasteiger partial charge in [0.1, 0.15) is 11.6 Å². The van der Waals surface area contributed by atoms with Crippen LogP contribution in [0.1, 0.15) is 48.6 Å². The molecule has 0 radical (unpaired) electrons. The number of nitriles is 1. The molecule has 0 saturated carbocycles. The molecule has 1 saturated heterocycles. The molecular formula is C18H19FN2O. The van der Waals surface area contributed by atoms with Gasteiger partial charge in [-0.25, -0.2) is 4.39 Å². The molecule has 3 rings (SSSR count). The Morgan fingerprint density at radius 3 is 2.95 bits per heavy atom. The summed E-state index contributed by atoms with van der Waals surface area (Å²) in [6.07, 6.45) is 6.28. The SMILES string of the molecule is N#Cc1cc(F)ccc1CN1CCCCCC1c1ccco1. The van der Waals surface area contributed by atoms with Crippen molar-refractivity contribution in [1.82, 2.24) is 4.90 Å². The lowest BCUT2D eigenvalue weighted by molar-refractivity contribution is 0.169. The van der Waals surface area contributed by atoms with Crippen LogP contribution >= 0.6 is 0 Å². The van der Waals surface area contributed by atoms with Crippen LogP contribution in [-0.4, -0.2) is 11.4 Å². The Bertz CT molecular complexity index is 660. The maximum Gasteiger partial charge on any atom is 0.124 e.